The Morgan fingerprint density at radius 1 is 1.10 bits per heavy atom. The number of hydrogen-bond acceptors (Lipinski definition) is 1. The summed E-state index contributed by atoms with van der Waals surface area (Å²) in [5, 5.41) is 1.70. The van der Waals surface area contributed by atoms with Gasteiger partial charge in [-0.2, -0.15) is 0 Å². The highest BCUT2D eigenvalue weighted by Crippen LogP contribution is 2.20. The number of carbonyl (C=O) groups excluding carboxylic acids is 1. The molecule has 0 saturated carbocycles. The molecule has 0 aliphatic rings. The number of aromatic nitrogens is 1. The number of nitrogens with zero attached hydrogens (tertiary/aromatic N) is 1. The van der Waals surface area contributed by atoms with Gasteiger partial charge >= 0.3 is 0 Å². The standard InChI is InChI=1S/C17H13ClFNO/c18-14-4-3-13-7-8-20(17(13)10-14)11-16(21)9-12-1-5-15(19)6-2-12/h1-8,10H,9,11H2. The van der Waals surface area contributed by atoms with Crippen LogP contribution in [0.4, 0.5) is 4.39 Å². The zero-order chi connectivity index (χ0) is 14.8. The highest BCUT2D eigenvalue weighted by molar-refractivity contribution is 6.31. The lowest BCUT2D eigenvalue weighted by Gasteiger charge is -2.05. The third-order valence-electron chi connectivity index (χ3n) is 3.40. The fourth-order valence-corrected chi connectivity index (χ4v) is 2.54. The molecule has 0 spiro atoms. The van der Waals surface area contributed by atoms with Crippen LogP contribution in [0.3, 0.4) is 0 Å². The fraction of sp³-hybridized carbons (Fsp3) is 0.118. The lowest BCUT2D eigenvalue weighted by atomic mass is 10.1. The first-order chi connectivity index (χ1) is 10.1. The summed E-state index contributed by atoms with van der Waals surface area (Å²) in [5.74, 6) is -0.226. The van der Waals surface area contributed by atoms with E-state index in [-0.39, 0.29) is 18.1 Å². The van der Waals surface area contributed by atoms with Crippen LogP contribution in [0.2, 0.25) is 5.02 Å². The van der Waals surface area contributed by atoms with E-state index in [2.05, 4.69) is 0 Å². The van der Waals surface area contributed by atoms with E-state index in [1.54, 1.807) is 12.1 Å². The third kappa shape index (κ3) is 3.14. The quantitative estimate of drug-likeness (QED) is 0.706. The highest BCUT2D eigenvalue weighted by Gasteiger charge is 2.08. The minimum Gasteiger partial charge on any atom is -0.340 e. The van der Waals surface area contributed by atoms with E-state index in [4.69, 9.17) is 11.6 Å². The molecule has 0 radical (unpaired) electrons. The van der Waals surface area contributed by atoms with E-state index in [9.17, 15) is 9.18 Å². The number of halogens is 2. The van der Waals surface area contributed by atoms with Gasteiger partial charge in [0.15, 0.2) is 5.78 Å². The molecule has 106 valence electrons. The van der Waals surface area contributed by atoms with Crippen molar-refractivity contribution >= 4 is 28.3 Å². The maximum atomic E-state index is 12.8. The molecule has 21 heavy (non-hydrogen) atoms. The van der Waals surface area contributed by atoms with Gasteiger partial charge in [-0.05, 0) is 41.3 Å². The first-order valence-corrected chi connectivity index (χ1v) is 7.00. The average Bonchev–Trinajstić information content (AvgIpc) is 2.84. The van der Waals surface area contributed by atoms with Crippen molar-refractivity contribution in [2.45, 2.75) is 13.0 Å². The number of fused-ring (bicyclic) bond motifs is 1. The van der Waals surface area contributed by atoms with Gasteiger partial charge in [0.25, 0.3) is 0 Å². The van der Waals surface area contributed by atoms with E-state index in [1.807, 2.05) is 35.0 Å². The Kier molecular flexibility index (Phi) is 3.76. The Hall–Kier alpha value is -2.13. The number of rotatable bonds is 4. The second-order valence-corrected chi connectivity index (χ2v) is 5.43. The summed E-state index contributed by atoms with van der Waals surface area (Å²) < 4.78 is 14.7. The molecule has 1 aromatic heterocycles. The molecule has 0 unspecified atom stereocenters. The molecular weight excluding hydrogens is 289 g/mol. The molecule has 3 rings (SSSR count). The van der Waals surface area contributed by atoms with Crippen molar-refractivity contribution in [2.24, 2.45) is 0 Å². The molecule has 0 fully saturated rings. The van der Waals surface area contributed by atoms with Crippen LogP contribution in [0.25, 0.3) is 10.9 Å². The molecule has 1 heterocycles. The first kappa shape index (κ1) is 13.8. The molecule has 2 aromatic carbocycles. The molecule has 0 bridgehead atoms. The van der Waals surface area contributed by atoms with E-state index in [1.165, 1.54) is 12.1 Å². The van der Waals surface area contributed by atoms with Crippen LogP contribution < -0.4 is 0 Å². The number of hydrogen-bond donors (Lipinski definition) is 0. The van der Waals surface area contributed by atoms with Crippen molar-refractivity contribution in [2.75, 3.05) is 0 Å². The second-order valence-electron chi connectivity index (χ2n) is 4.99. The Morgan fingerprint density at radius 3 is 2.62 bits per heavy atom. The molecule has 3 aromatic rings. The molecular formula is C17H13ClFNO. The molecule has 0 amide bonds. The summed E-state index contributed by atoms with van der Waals surface area (Å²) in [6, 6.07) is 13.6. The molecule has 0 N–H and O–H groups in total. The Bertz CT molecular complexity index is 792. The zero-order valence-electron chi connectivity index (χ0n) is 11.2. The summed E-state index contributed by atoms with van der Waals surface area (Å²) in [7, 11) is 0. The molecule has 0 saturated heterocycles. The summed E-state index contributed by atoms with van der Waals surface area (Å²) in [5.41, 5.74) is 1.76. The topological polar surface area (TPSA) is 22.0 Å². The van der Waals surface area contributed by atoms with Crippen molar-refractivity contribution in [3.05, 3.63) is 71.1 Å². The van der Waals surface area contributed by atoms with Crippen LogP contribution in [0.5, 0.6) is 0 Å². The predicted octanol–water partition coefficient (Wildman–Crippen LogP) is 4.25. The van der Waals surface area contributed by atoms with Crippen molar-refractivity contribution in [1.29, 1.82) is 0 Å². The van der Waals surface area contributed by atoms with E-state index >= 15 is 0 Å². The normalized spacial score (nSPS) is 11.0. The van der Waals surface area contributed by atoms with Crippen LogP contribution in [0.1, 0.15) is 5.56 Å². The van der Waals surface area contributed by atoms with Gasteiger partial charge in [0, 0.05) is 23.2 Å². The summed E-state index contributed by atoms with van der Waals surface area (Å²) in [6.45, 7) is 0.279. The van der Waals surface area contributed by atoms with Crippen LogP contribution in [-0.2, 0) is 17.8 Å². The SMILES string of the molecule is O=C(Cc1ccc(F)cc1)Cn1ccc2ccc(Cl)cc21. The fourth-order valence-electron chi connectivity index (χ4n) is 2.37. The van der Waals surface area contributed by atoms with Gasteiger partial charge in [-0.1, -0.05) is 29.8 Å². The maximum Gasteiger partial charge on any atom is 0.156 e. The van der Waals surface area contributed by atoms with E-state index in [0.29, 0.717) is 11.4 Å². The largest absolute Gasteiger partial charge is 0.340 e. The first-order valence-electron chi connectivity index (χ1n) is 6.62. The third-order valence-corrected chi connectivity index (χ3v) is 3.63. The van der Waals surface area contributed by atoms with Crippen molar-refractivity contribution in [1.82, 2.24) is 4.57 Å². The number of Topliss-reactive ketones (excluding diaryl/α,β-unsaturated/α-hetero) is 1. The van der Waals surface area contributed by atoms with Gasteiger partial charge in [0.05, 0.1) is 6.54 Å². The summed E-state index contributed by atoms with van der Waals surface area (Å²) in [6.07, 6.45) is 2.17. The predicted molar refractivity (Wildman–Crippen MR) is 82.1 cm³/mol. The molecule has 0 aliphatic heterocycles. The van der Waals surface area contributed by atoms with Gasteiger partial charge in [0.1, 0.15) is 5.82 Å². The Morgan fingerprint density at radius 2 is 1.86 bits per heavy atom. The number of carbonyl (C=O) groups is 1. The van der Waals surface area contributed by atoms with E-state index < -0.39 is 0 Å². The minimum absolute atomic E-state index is 0.0686. The van der Waals surface area contributed by atoms with Gasteiger partial charge in [-0.25, -0.2) is 4.39 Å². The lowest BCUT2D eigenvalue weighted by molar-refractivity contribution is -0.118. The number of ketones is 1. The average molecular weight is 302 g/mol. The second kappa shape index (κ2) is 5.70. The lowest BCUT2D eigenvalue weighted by Crippen LogP contribution is -2.11. The zero-order valence-corrected chi connectivity index (χ0v) is 12.0. The van der Waals surface area contributed by atoms with Crippen LogP contribution in [-0.4, -0.2) is 10.4 Å². The molecule has 0 atom stereocenters. The molecule has 2 nitrogen and oxygen atoms in total. The van der Waals surface area contributed by atoms with Gasteiger partial charge in [0.2, 0.25) is 0 Å². The maximum absolute atomic E-state index is 12.8. The van der Waals surface area contributed by atoms with Gasteiger partial charge in [-0.3, -0.25) is 4.79 Å². The van der Waals surface area contributed by atoms with Crippen molar-refractivity contribution < 1.29 is 9.18 Å². The van der Waals surface area contributed by atoms with E-state index in [0.717, 1.165) is 16.5 Å². The van der Waals surface area contributed by atoms with Crippen molar-refractivity contribution in [3.63, 3.8) is 0 Å². The Labute approximate surface area is 126 Å². The van der Waals surface area contributed by atoms with Crippen LogP contribution >= 0.6 is 11.6 Å². The van der Waals surface area contributed by atoms with Gasteiger partial charge in [-0.15, -0.1) is 0 Å². The summed E-state index contributed by atoms with van der Waals surface area (Å²) in [4.78, 5) is 12.1. The minimum atomic E-state index is -0.294. The smallest absolute Gasteiger partial charge is 0.156 e. The molecule has 4 heteroatoms. The summed E-state index contributed by atoms with van der Waals surface area (Å²) >= 11 is 5.99. The highest BCUT2D eigenvalue weighted by atomic mass is 35.5. The van der Waals surface area contributed by atoms with Crippen LogP contribution in [0, 0.1) is 5.82 Å². The Balaban J connectivity index is 1.77. The monoisotopic (exact) mass is 301 g/mol. The molecule has 0 aliphatic carbocycles. The van der Waals surface area contributed by atoms with Gasteiger partial charge < -0.3 is 4.57 Å². The number of benzene rings is 2. The van der Waals surface area contributed by atoms with Crippen LogP contribution in [0.15, 0.2) is 54.7 Å². The van der Waals surface area contributed by atoms with Crippen molar-refractivity contribution in [3.8, 4) is 0 Å².